The van der Waals surface area contributed by atoms with Crippen LogP contribution in [-0.2, 0) is 6.05 Å². The van der Waals surface area contributed by atoms with Gasteiger partial charge in [0.15, 0.2) is 0 Å². The number of benzene rings is 1. The van der Waals surface area contributed by atoms with Crippen LogP contribution in [-0.4, -0.2) is 42.8 Å². The maximum absolute atomic E-state index is 14.0. The molecular weight excluding hydrogens is 462 g/mol. The quantitative estimate of drug-likeness (QED) is 0.291. The third kappa shape index (κ3) is 4.36. The first-order valence-corrected chi connectivity index (χ1v) is 10.4. The van der Waals surface area contributed by atoms with Gasteiger partial charge in [0, 0.05) is 13.1 Å². The van der Waals surface area contributed by atoms with Crippen molar-refractivity contribution in [1.82, 2.24) is 30.5 Å². The second-order valence-electron chi connectivity index (χ2n) is 7.62. The molecule has 0 fully saturated rings. The van der Waals surface area contributed by atoms with Gasteiger partial charge in [-0.05, 0) is 17.7 Å². The number of anilines is 3. The van der Waals surface area contributed by atoms with Gasteiger partial charge in [0.25, 0.3) is 11.8 Å². The number of carbonyl (C=O) groups is 1. The van der Waals surface area contributed by atoms with Gasteiger partial charge >= 0.3 is 6.05 Å². The summed E-state index contributed by atoms with van der Waals surface area (Å²) in [6.45, 7) is 1.39. The molecule has 4 N–H and O–H groups in total. The van der Waals surface area contributed by atoms with Crippen molar-refractivity contribution in [2.75, 3.05) is 17.2 Å². The summed E-state index contributed by atoms with van der Waals surface area (Å²) >= 11 is 0. The van der Waals surface area contributed by atoms with Gasteiger partial charge in [-0.2, -0.15) is 13.8 Å². The molecule has 0 aliphatic carbocycles. The first-order valence-electron chi connectivity index (χ1n) is 10.4. The van der Waals surface area contributed by atoms with E-state index in [0.717, 1.165) is 5.56 Å². The highest BCUT2D eigenvalue weighted by atomic mass is 19.3. The van der Waals surface area contributed by atoms with E-state index in [1.807, 2.05) is 30.3 Å². The van der Waals surface area contributed by atoms with Crippen LogP contribution in [0.2, 0.25) is 0 Å². The Morgan fingerprint density at radius 1 is 1.11 bits per heavy atom. The van der Waals surface area contributed by atoms with Gasteiger partial charge in [0.05, 0.1) is 23.8 Å². The molecular formula is C22H18F2N8O3. The number of hydrogen-bond donors (Lipinski definition) is 4. The van der Waals surface area contributed by atoms with Crippen molar-refractivity contribution in [3.8, 4) is 11.5 Å². The molecule has 4 heterocycles. The molecule has 11 nitrogen and oxygen atoms in total. The molecule has 1 atom stereocenters. The van der Waals surface area contributed by atoms with Gasteiger partial charge < -0.3 is 20.2 Å². The molecule has 35 heavy (non-hydrogen) atoms. The minimum Gasteiger partial charge on any atom is -0.421 e. The predicted molar refractivity (Wildman–Crippen MR) is 119 cm³/mol. The molecule has 4 aromatic rings. The zero-order valence-corrected chi connectivity index (χ0v) is 18.2. The van der Waals surface area contributed by atoms with Crippen LogP contribution in [0.3, 0.4) is 0 Å². The van der Waals surface area contributed by atoms with Gasteiger partial charge in [-0.3, -0.25) is 10.1 Å². The van der Waals surface area contributed by atoms with Crippen LogP contribution >= 0.6 is 0 Å². The molecule has 1 aliphatic rings. The summed E-state index contributed by atoms with van der Waals surface area (Å²) in [6, 6.07) is 7.71. The number of alkyl halides is 2. The van der Waals surface area contributed by atoms with Crippen LogP contribution in [0.25, 0.3) is 11.5 Å². The highest BCUT2D eigenvalue weighted by molar-refractivity contribution is 5.99. The van der Waals surface area contributed by atoms with Gasteiger partial charge in [-0.1, -0.05) is 30.3 Å². The third-order valence-electron chi connectivity index (χ3n) is 5.19. The number of nitrogens with one attached hydrogen (secondary N) is 3. The normalized spacial score (nSPS) is 14.8. The molecule has 1 aliphatic heterocycles. The van der Waals surface area contributed by atoms with Crippen LogP contribution in [0.5, 0.6) is 0 Å². The number of hydrogen-bond acceptors (Lipinski definition) is 10. The fourth-order valence-electron chi connectivity index (χ4n) is 3.53. The van der Waals surface area contributed by atoms with Crippen molar-refractivity contribution in [2.24, 2.45) is 0 Å². The molecule has 3 aromatic heterocycles. The molecule has 178 valence electrons. The fraction of sp³-hybridized carbons (Fsp3) is 0.182. The smallest absolute Gasteiger partial charge is 0.370 e. The molecule has 0 unspecified atom stereocenters. The summed E-state index contributed by atoms with van der Waals surface area (Å²) < 4.78 is 33.6. The summed E-state index contributed by atoms with van der Waals surface area (Å²) in [5.41, 5.74) is 0.275. The van der Waals surface area contributed by atoms with Gasteiger partial charge in [0.1, 0.15) is 17.3 Å². The summed E-state index contributed by atoms with van der Waals surface area (Å²) in [5, 5.41) is 25.3. The summed E-state index contributed by atoms with van der Waals surface area (Å²) in [7, 11) is 0. The van der Waals surface area contributed by atoms with E-state index in [1.54, 1.807) is 12.2 Å². The lowest BCUT2D eigenvalue weighted by Gasteiger charge is -2.19. The first kappa shape index (κ1) is 22.3. The van der Waals surface area contributed by atoms with Gasteiger partial charge in [-0.25, -0.2) is 9.97 Å². The minimum atomic E-state index is -3.58. The maximum Gasteiger partial charge on any atom is 0.370 e. The van der Waals surface area contributed by atoms with E-state index < -0.39 is 23.7 Å². The van der Waals surface area contributed by atoms with Crippen molar-refractivity contribution in [1.29, 1.82) is 0 Å². The number of halogens is 2. The molecule has 13 heteroatoms. The summed E-state index contributed by atoms with van der Waals surface area (Å²) in [4.78, 5) is 24.2. The second kappa shape index (κ2) is 8.68. The van der Waals surface area contributed by atoms with Crippen LogP contribution in [0, 0.1) is 6.92 Å². The number of aliphatic hydroxyl groups excluding tert-OH is 1. The zero-order chi connectivity index (χ0) is 24.6. The number of aromatic nitrogens is 5. The molecule has 0 bridgehead atoms. The number of pyridine rings is 1. The maximum atomic E-state index is 14.0. The van der Waals surface area contributed by atoms with Crippen LogP contribution < -0.4 is 16.0 Å². The second-order valence-corrected chi connectivity index (χ2v) is 7.62. The topological polar surface area (TPSA) is 151 Å². The summed E-state index contributed by atoms with van der Waals surface area (Å²) in [6.07, 6.45) is 1.41. The average Bonchev–Trinajstić information content (AvgIpc) is 3.37. The van der Waals surface area contributed by atoms with E-state index in [1.165, 1.54) is 18.3 Å². The van der Waals surface area contributed by atoms with Crippen LogP contribution in [0.4, 0.5) is 26.4 Å². The number of rotatable bonds is 7. The predicted octanol–water partition coefficient (Wildman–Crippen LogP) is 2.91. The van der Waals surface area contributed by atoms with Gasteiger partial charge in [-0.15, -0.1) is 10.2 Å². The van der Waals surface area contributed by atoms with E-state index in [2.05, 4.69) is 35.8 Å². The molecule has 1 amide bonds. The minimum absolute atomic E-state index is 0.00836. The summed E-state index contributed by atoms with van der Waals surface area (Å²) in [5.74, 6) is -0.138. The Bertz CT molecular complexity index is 1400. The van der Waals surface area contributed by atoms with Crippen LogP contribution in [0.1, 0.15) is 33.5 Å². The van der Waals surface area contributed by atoms with Crippen molar-refractivity contribution in [3.63, 3.8) is 0 Å². The standard InChI is InChI=1S/C22H18F2N8O3/c1-11-31-32-20(35-11)14-9-25-21(29-18(14)26-15(10-33)12-5-3-2-4-6-12)28-16-8-7-13-17(27-16)22(23,24)30-19(13)34/h2-9,15,33H,10H2,1H3,(H,30,34)(H2,25,26,27,28,29)/t15-/m1/s1. The van der Waals surface area contributed by atoms with E-state index >= 15 is 0 Å². The van der Waals surface area contributed by atoms with Crippen molar-refractivity contribution in [2.45, 2.75) is 19.0 Å². The van der Waals surface area contributed by atoms with Crippen molar-refractivity contribution >= 4 is 23.5 Å². The van der Waals surface area contributed by atoms with E-state index in [9.17, 15) is 18.7 Å². The monoisotopic (exact) mass is 480 g/mol. The Balaban J connectivity index is 1.50. The largest absolute Gasteiger partial charge is 0.421 e. The number of carbonyl (C=O) groups excluding carboxylic acids is 1. The highest BCUT2D eigenvalue weighted by Gasteiger charge is 2.45. The first-order chi connectivity index (χ1) is 16.8. The molecule has 1 aromatic carbocycles. The highest BCUT2D eigenvalue weighted by Crippen LogP contribution is 2.34. The number of amides is 1. The third-order valence-corrected chi connectivity index (χ3v) is 5.19. The Labute approximate surface area is 196 Å². The lowest BCUT2D eigenvalue weighted by atomic mass is 10.1. The number of fused-ring (bicyclic) bond motifs is 1. The zero-order valence-electron chi connectivity index (χ0n) is 18.2. The number of nitrogens with zero attached hydrogens (tertiary/aromatic N) is 5. The molecule has 0 radical (unpaired) electrons. The van der Waals surface area contributed by atoms with Crippen molar-refractivity contribution in [3.05, 3.63) is 71.4 Å². The van der Waals surface area contributed by atoms with E-state index in [0.29, 0.717) is 11.5 Å². The fourth-order valence-corrected chi connectivity index (χ4v) is 3.53. The van der Waals surface area contributed by atoms with Gasteiger partial charge in [0.2, 0.25) is 11.8 Å². The average molecular weight is 480 g/mol. The van der Waals surface area contributed by atoms with Crippen LogP contribution in [0.15, 0.2) is 53.1 Å². The Morgan fingerprint density at radius 2 is 1.91 bits per heavy atom. The number of aryl methyl sites for hydroxylation is 1. The molecule has 0 saturated carbocycles. The number of aliphatic hydroxyl groups is 1. The molecule has 0 spiro atoms. The van der Waals surface area contributed by atoms with E-state index in [4.69, 9.17) is 4.42 Å². The van der Waals surface area contributed by atoms with E-state index in [-0.39, 0.29) is 35.6 Å². The Kier molecular flexibility index (Phi) is 5.53. The lowest BCUT2D eigenvalue weighted by molar-refractivity contribution is -0.0278. The SMILES string of the molecule is Cc1nnc(-c2cnc(Nc3ccc4c(n3)C(F)(F)NC4=O)nc2N[C@H](CO)c2ccccc2)o1. The lowest BCUT2D eigenvalue weighted by Crippen LogP contribution is -2.30. The van der Waals surface area contributed by atoms with Crippen molar-refractivity contribution < 1.29 is 23.1 Å². The molecule has 5 rings (SSSR count). The Hall–Kier alpha value is -4.52. The Morgan fingerprint density at radius 3 is 2.63 bits per heavy atom. The molecule has 0 saturated heterocycles.